The highest BCUT2D eigenvalue weighted by atomic mass is 16.5. The maximum atomic E-state index is 12.3. The molecule has 7 heteroatoms. The number of benzene rings is 2. The van der Waals surface area contributed by atoms with Crippen LogP contribution in [0, 0.1) is 0 Å². The number of nitrogens with one attached hydrogen (secondary N) is 3. The molecule has 1 aliphatic heterocycles. The largest absolute Gasteiger partial charge is 0.497 e. The van der Waals surface area contributed by atoms with Crippen LogP contribution in [0.3, 0.4) is 0 Å². The topological polar surface area (TPSA) is 88.7 Å². The van der Waals surface area contributed by atoms with E-state index in [1.807, 2.05) is 0 Å². The van der Waals surface area contributed by atoms with Crippen LogP contribution in [-0.4, -0.2) is 44.7 Å². The average Bonchev–Trinajstić information content (AvgIpc) is 2.69. The lowest BCUT2D eigenvalue weighted by atomic mass is 10.1. The van der Waals surface area contributed by atoms with Crippen LogP contribution in [-0.2, 0) is 9.53 Å². The highest BCUT2D eigenvalue weighted by Crippen LogP contribution is 2.17. The summed E-state index contributed by atoms with van der Waals surface area (Å²) in [5.74, 6) is 0.292. The number of carbonyl (C=O) groups excluding carboxylic acids is 2. The van der Waals surface area contributed by atoms with Crippen LogP contribution >= 0.6 is 0 Å². The van der Waals surface area contributed by atoms with E-state index in [4.69, 9.17) is 9.47 Å². The number of rotatable bonds is 5. The Morgan fingerprint density at radius 3 is 2.31 bits per heavy atom. The van der Waals surface area contributed by atoms with Crippen LogP contribution in [0.25, 0.3) is 0 Å². The van der Waals surface area contributed by atoms with Gasteiger partial charge in [0.25, 0.3) is 11.8 Å². The molecule has 2 aromatic carbocycles. The Labute approximate surface area is 151 Å². The third-order valence-electron chi connectivity index (χ3n) is 3.98. The molecule has 0 bridgehead atoms. The second-order valence-electron chi connectivity index (χ2n) is 5.81. The molecule has 0 spiro atoms. The van der Waals surface area contributed by atoms with Gasteiger partial charge < -0.3 is 25.4 Å². The molecule has 3 N–H and O–H groups in total. The Bertz CT molecular complexity index is 753. The van der Waals surface area contributed by atoms with Gasteiger partial charge in [0.15, 0.2) is 0 Å². The molecule has 1 heterocycles. The first-order valence-corrected chi connectivity index (χ1v) is 8.34. The Balaban J connectivity index is 1.57. The van der Waals surface area contributed by atoms with E-state index in [1.54, 1.807) is 55.6 Å². The molecule has 0 aromatic heterocycles. The Morgan fingerprint density at radius 2 is 1.69 bits per heavy atom. The first-order valence-electron chi connectivity index (χ1n) is 8.34. The highest BCUT2D eigenvalue weighted by molar-refractivity contribution is 6.04. The lowest BCUT2D eigenvalue weighted by Crippen LogP contribution is -2.45. The number of hydrogen-bond acceptors (Lipinski definition) is 5. The fourth-order valence-corrected chi connectivity index (χ4v) is 2.54. The van der Waals surface area contributed by atoms with Gasteiger partial charge in [0.2, 0.25) is 0 Å². The molecule has 3 rings (SSSR count). The van der Waals surface area contributed by atoms with E-state index in [2.05, 4.69) is 16.0 Å². The standard InChI is InChI=1S/C19H21N3O4/c1-25-16-8-6-15(7-9-16)21-18(23)13-2-4-14(5-3-13)22-19(24)17-12-20-10-11-26-17/h2-9,17,20H,10-12H2,1H3,(H,21,23)(H,22,24)/t17-/m1/s1. The van der Waals surface area contributed by atoms with E-state index < -0.39 is 6.10 Å². The summed E-state index contributed by atoms with van der Waals surface area (Å²) < 4.78 is 10.5. The summed E-state index contributed by atoms with van der Waals surface area (Å²) in [6.07, 6.45) is -0.498. The van der Waals surface area contributed by atoms with Crippen molar-refractivity contribution in [2.45, 2.75) is 6.10 Å². The molecule has 0 saturated carbocycles. The number of methoxy groups -OCH3 is 1. The molecule has 0 aliphatic carbocycles. The van der Waals surface area contributed by atoms with Crippen LogP contribution in [0.2, 0.25) is 0 Å². The predicted molar refractivity (Wildman–Crippen MR) is 98.6 cm³/mol. The van der Waals surface area contributed by atoms with E-state index in [9.17, 15) is 9.59 Å². The van der Waals surface area contributed by atoms with Crippen molar-refractivity contribution < 1.29 is 19.1 Å². The van der Waals surface area contributed by atoms with Crippen molar-refractivity contribution >= 4 is 23.2 Å². The molecule has 136 valence electrons. The van der Waals surface area contributed by atoms with Gasteiger partial charge in [-0.15, -0.1) is 0 Å². The van der Waals surface area contributed by atoms with Gasteiger partial charge in [0.1, 0.15) is 11.9 Å². The van der Waals surface area contributed by atoms with Crippen LogP contribution < -0.4 is 20.7 Å². The van der Waals surface area contributed by atoms with Crippen molar-refractivity contribution in [3.8, 4) is 5.75 Å². The summed E-state index contributed by atoms with van der Waals surface area (Å²) in [5.41, 5.74) is 1.79. The Kier molecular flexibility index (Phi) is 5.83. The number of ether oxygens (including phenoxy) is 2. The van der Waals surface area contributed by atoms with Gasteiger partial charge in [0, 0.05) is 30.0 Å². The molecule has 0 radical (unpaired) electrons. The lowest BCUT2D eigenvalue weighted by molar-refractivity contribution is -0.128. The van der Waals surface area contributed by atoms with Crippen LogP contribution in [0.1, 0.15) is 10.4 Å². The van der Waals surface area contributed by atoms with Crippen molar-refractivity contribution in [2.24, 2.45) is 0 Å². The van der Waals surface area contributed by atoms with E-state index >= 15 is 0 Å². The molecule has 1 saturated heterocycles. The van der Waals surface area contributed by atoms with Gasteiger partial charge >= 0.3 is 0 Å². The van der Waals surface area contributed by atoms with Gasteiger partial charge in [0.05, 0.1) is 13.7 Å². The minimum absolute atomic E-state index is 0.201. The second-order valence-corrected chi connectivity index (χ2v) is 5.81. The molecule has 1 aliphatic rings. The normalized spacial score (nSPS) is 16.6. The van der Waals surface area contributed by atoms with Crippen LogP contribution in [0.4, 0.5) is 11.4 Å². The van der Waals surface area contributed by atoms with Crippen molar-refractivity contribution in [3.63, 3.8) is 0 Å². The maximum Gasteiger partial charge on any atom is 0.255 e. The number of hydrogen-bond donors (Lipinski definition) is 3. The molecule has 0 unspecified atom stereocenters. The van der Waals surface area contributed by atoms with Crippen molar-refractivity contribution in [3.05, 3.63) is 54.1 Å². The lowest BCUT2D eigenvalue weighted by Gasteiger charge is -2.22. The average molecular weight is 355 g/mol. The summed E-state index contributed by atoms with van der Waals surface area (Å²) in [6.45, 7) is 1.76. The fraction of sp³-hybridized carbons (Fsp3) is 0.263. The molecule has 1 fully saturated rings. The number of carbonyl (C=O) groups is 2. The molecule has 26 heavy (non-hydrogen) atoms. The van der Waals surface area contributed by atoms with Gasteiger partial charge in [-0.2, -0.15) is 0 Å². The number of anilines is 2. The quantitative estimate of drug-likeness (QED) is 0.762. The van der Waals surface area contributed by atoms with Crippen LogP contribution in [0.15, 0.2) is 48.5 Å². The van der Waals surface area contributed by atoms with Gasteiger partial charge in [-0.3, -0.25) is 9.59 Å². The molecule has 2 amide bonds. The first-order chi connectivity index (χ1) is 12.7. The summed E-state index contributed by atoms with van der Waals surface area (Å²) in [5, 5.41) is 8.71. The fourth-order valence-electron chi connectivity index (χ4n) is 2.54. The van der Waals surface area contributed by atoms with Crippen molar-refractivity contribution in [1.82, 2.24) is 5.32 Å². The number of morpholine rings is 1. The summed E-state index contributed by atoms with van der Waals surface area (Å²) in [4.78, 5) is 24.4. The van der Waals surface area contributed by atoms with Gasteiger partial charge in [-0.25, -0.2) is 0 Å². The van der Waals surface area contributed by atoms with E-state index in [1.165, 1.54) is 0 Å². The Morgan fingerprint density at radius 1 is 1.04 bits per heavy atom. The minimum Gasteiger partial charge on any atom is -0.497 e. The first kappa shape index (κ1) is 17.9. The summed E-state index contributed by atoms with van der Waals surface area (Å²) in [7, 11) is 1.59. The third-order valence-corrected chi connectivity index (χ3v) is 3.98. The monoisotopic (exact) mass is 355 g/mol. The minimum atomic E-state index is -0.498. The highest BCUT2D eigenvalue weighted by Gasteiger charge is 2.21. The third kappa shape index (κ3) is 4.59. The second kappa shape index (κ2) is 8.46. The molecule has 2 aromatic rings. The van der Waals surface area contributed by atoms with Gasteiger partial charge in [-0.1, -0.05) is 0 Å². The smallest absolute Gasteiger partial charge is 0.255 e. The van der Waals surface area contributed by atoms with Crippen LogP contribution in [0.5, 0.6) is 5.75 Å². The summed E-state index contributed by atoms with van der Waals surface area (Å²) in [6, 6.07) is 13.8. The molecule has 1 atom stereocenters. The summed E-state index contributed by atoms with van der Waals surface area (Å²) >= 11 is 0. The SMILES string of the molecule is COc1ccc(NC(=O)c2ccc(NC(=O)[C@H]3CNCCO3)cc2)cc1. The molecular weight excluding hydrogens is 334 g/mol. The van der Waals surface area contributed by atoms with E-state index in [0.717, 1.165) is 12.3 Å². The Hall–Kier alpha value is -2.90. The van der Waals surface area contributed by atoms with Gasteiger partial charge in [-0.05, 0) is 48.5 Å². The molecule has 7 nitrogen and oxygen atoms in total. The van der Waals surface area contributed by atoms with Crippen molar-refractivity contribution in [1.29, 1.82) is 0 Å². The zero-order valence-corrected chi connectivity index (χ0v) is 14.5. The maximum absolute atomic E-state index is 12.3. The van der Waals surface area contributed by atoms with E-state index in [-0.39, 0.29) is 11.8 Å². The number of amides is 2. The molecular formula is C19H21N3O4. The van der Waals surface area contributed by atoms with Crippen molar-refractivity contribution in [2.75, 3.05) is 37.4 Å². The predicted octanol–water partition coefficient (Wildman–Crippen LogP) is 1.87. The zero-order valence-electron chi connectivity index (χ0n) is 14.5. The zero-order chi connectivity index (χ0) is 18.4. The van der Waals surface area contributed by atoms with E-state index in [0.29, 0.717) is 30.1 Å².